The van der Waals surface area contributed by atoms with E-state index in [2.05, 4.69) is 0 Å². The van der Waals surface area contributed by atoms with E-state index in [1.807, 2.05) is 91.0 Å². The van der Waals surface area contributed by atoms with Crippen molar-refractivity contribution >= 4 is 0 Å². The summed E-state index contributed by atoms with van der Waals surface area (Å²) >= 11 is 0. The maximum atomic E-state index is 12.0. The lowest BCUT2D eigenvalue weighted by atomic mass is 9.62. The molecule has 4 rings (SSSR count). The standard InChI is InChI=1S/C24H24O5/c25-16-20-21(26)22(27)24(28,29-20)23(17-10-4-1-5-11-17,18-12-6-2-7-13-18)19-14-8-3-9-15-19/h1-15,20-22,25-28H,16H2/t20-,21-,22-,24-/m1/s1. The van der Waals surface area contributed by atoms with Crippen molar-refractivity contribution in [2.45, 2.75) is 29.5 Å². The molecule has 3 aromatic carbocycles. The highest BCUT2D eigenvalue weighted by atomic mass is 16.7. The van der Waals surface area contributed by atoms with Crippen LogP contribution < -0.4 is 0 Å². The first-order valence-electron chi connectivity index (χ1n) is 9.59. The Morgan fingerprint density at radius 1 is 0.724 bits per heavy atom. The third kappa shape index (κ3) is 2.90. The first kappa shape index (κ1) is 19.8. The highest BCUT2D eigenvalue weighted by molar-refractivity contribution is 5.54. The van der Waals surface area contributed by atoms with Crippen molar-refractivity contribution in [1.29, 1.82) is 0 Å². The number of aliphatic hydroxyl groups is 4. The van der Waals surface area contributed by atoms with Crippen LogP contribution >= 0.6 is 0 Å². The molecule has 0 unspecified atom stereocenters. The minimum absolute atomic E-state index is 0.533. The quantitative estimate of drug-likeness (QED) is 0.498. The molecule has 29 heavy (non-hydrogen) atoms. The van der Waals surface area contributed by atoms with Gasteiger partial charge in [-0.05, 0) is 16.7 Å². The molecule has 0 amide bonds. The van der Waals surface area contributed by atoms with Crippen LogP contribution in [-0.4, -0.2) is 51.1 Å². The van der Waals surface area contributed by atoms with E-state index in [9.17, 15) is 20.4 Å². The van der Waals surface area contributed by atoms with Gasteiger partial charge < -0.3 is 25.2 Å². The molecule has 1 aliphatic rings. The van der Waals surface area contributed by atoms with Gasteiger partial charge in [0.1, 0.15) is 23.7 Å². The topological polar surface area (TPSA) is 90.2 Å². The van der Waals surface area contributed by atoms with Crippen molar-refractivity contribution in [2.75, 3.05) is 6.61 Å². The fourth-order valence-corrected chi connectivity index (χ4v) is 4.45. The van der Waals surface area contributed by atoms with Gasteiger partial charge in [0, 0.05) is 0 Å². The van der Waals surface area contributed by atoms with Crippen LogP contribution in [0.4, 0.5) is 0 Å². The predicted molar refractivity (Wildman–Crippen MR) is 108 cm³/mol. The third-order valence-electron chi connectivity index (χ3n) is 5.77. The maximum absolute atomic E-state index is 12.0. The molecule has 1 heterocycles. The molecule has 4 N–H and O–H groups in total. The van der Waals surface area contributed by atoms with E-state index in [1.54, 1.807) is 0 Å². The van der Waals surface area contributed by atoms with Gasteiger partial charge in [0.2, 0.25) is 5.79 Å². The molecule has 1 saturated heterocycles. The number of benzene rings is 3. The molecule has 0 radical (unpaired) electrons. The minimum Gasteiger partial charge on any atom is -0.394 e. The highest BCUT2D eigenvalue weighted by Crippen LogP contribution is 2.52. The van der Waals surface area contributed by atoms with Crippen LogP contribution in [0.5, 0.6) is 0 Å². The lowest BCUT2D eigenvalue weighted by molar-refractivity contribution is -0.256. The van der Waals surface area contributed by atoms with Gasteiger partial charge in [-0.3, -0.25) is 0 Å². The Kier molecular flexibility index (Phi) is 5.25. The Morgan fingerprint density at radius 3 is 1.41 bits per heavy atom. The second kappa shape index (κ2) is 7.71. The van der Waals surface area contributed by atoms with E-state index < -0.39 is 36.1 Å². The second-order valence-electron chi connectivity index (χ2n) is 7.32. The van der Waals surface area contributed by atoms with Gasteiger partial charge in [0.15, 0.2) is 0 Å². The number of hydrogen-bond donors (Lipinski definition) is 4. The normalized spacial score (nSPS) is 27.1. The average molecular weight is 392 g/mol. The van der Waals surface area contributed by atoms with E-state index in [-0.39, 0.29) is 0 Å². The van der Waals surface area contributed by atoms with Crippen LogP contribution in [0.1, 0.15) is 16.7 Å². The Labute approximate surface area is 169 Å². The summed E-state index contributed by atoms with van der Waals surface area (Å²) in [5, 5.41) is 43.1. The first-order valence-corrected chi connectivity index (χ1v) is 9.59. The summed E-state index contributed by atoms with van der Waals surface area (Å²) < 4.78 is 5.86. The van der Waals surface area contributed by atoms with E-state index in [4.69, 9.17) is 4.74 Å². The summed E-state index contributed by atoms with van der Waals surface area (Å²) in [5.74, 6) is -2.23. The molecule has 1 aliphatic heterocycles. The molecule has 1 fully saturated rings. The summed E-state index contributed by atoms with van der Waals surface area (Å²) in [6.07, 6.45) is -4.22. The van der Waals surface area contributed by atoms with Crippen LogP contribution in [0.3, 0.4) is 0 Å². The largest absolute Gasteiger partial charge is 0.394 e. The van der Waals surface area contributed by atoms with Gasteiger partial charge in [0.25, 0.3) is 0 Å². The molecule has 0 aromatic heterocycles. The monoisotopic (exact) mass is 392 g/mol. The molecular formula is C24H24O5. The van der Waals surface area contributed by atoms with Gasteiger partial charge in [-0.15, -0.1) is 0 Å². The van der Waals surface area contributed by atoms with Crippen LogP contribution in [0.2, 0.25) is 0 Å². The first-order chi connectivity index (χ1) is 14.1. The Bertz CT molecular complexity index is 835. The molecule has 0 bridgehead atoms. The van der Waals surface area contributed by atoms with Crippen molar-refractivity contribution in [2.24, 2.45) is 0 Å². The molecule has 4 atom stereocenters. The molecule has 150 valence electrons. The lowest BCUT2D eigenvalue weighted by Gasteiger charge is -2.47. The Balaban J connectivity index is 2.09. The zero-order valence-corrected chi connectivity index (χ0v) is 15.8. The molecule has 5 nitrogen and oxygen atoms in total. The lowest BCUT2D eigenvalue weighted by Crippen LogP contribution is -2.60. The van der Waals surface area contributed by atoms with E-state index in [0.29, 0.717) is 16.7 Å². The van der Waals surface area contributed by atoms with Crippen LogP contribution in [0, 0.1) is 0 Å². The van der Waals surface area contributed by atoms with Gasteiger partial charge >= 0.3 is 0 Å². The second-order valence-corrected chi connectivity index (χ2v) is 7.32. The fraction of sp³-hybridized carbons (Fsp3) is 0.250. The minimum atomic E-state index is -2.23. The smallest absolute Gasteiger partial charge is 0.213 e. The highest BCUT2D eigenvalue weighted by Gasteiger charge is 2.66. The number of aliphatic hydroxyl groups excluding tert-OH is 3. The maximum Gasteiger partial charge on any atom is 0.213 e. The van der Waals surface area contributed by atoms with Crippen molar-refractivity contribution < 1.29 is 25.2 Å². The molecular weight excluding hydrogens is 368 g/mol. The molecule has 0 saturated carbocycles. The van der Waals surface area contributed by atoms with Crippen LogP contribution in [-0.2, 0) is 10.2 Å². The molecule has 5 heteroatoms. The van der Waals surface area contributed by atoms with Crippen molar-refractivity contribution in [3.63, 3.8) is 0 Å². The molecule has 0 spiro atoms. The van der Waals surface area contributed by atoms with Crippen molar-refractivity contribution in [3.05, 3.63) is 108 Å². The molecule has 0 aliphatic carbocycles. The third-order valence-corrected chi connectivity index (χ3v) is 5.77. The summed E-state index contributed by atoms with van der Waals surface area (Å²) in [6.45, 7) is -0.533. The Morgan fingerprint density at radius 2 is 1.10 bits per heavy atom. The van der Waals surface area contributed by atoms with Gasteiger partial charge in [-0.2, -0.15) is 0 Å². The van der Waals surface area contributed by atoms with Crippen molar-refractivity contribution in [1.82, 2.24) is 0 Å². The van der Waals surface area contributed by atoms with E-state index >= 15 is 0 Å². The van der Waals surface area contributed by atoms with Crippen LogP contribution in [0.25, 0.3) is 0 Å². The summed E-state index contributed by atoms with van der Waals surface area (Å²) in [7, 11) is 0. The SMILES string of the molecule is OC[C@H]1O[C@@](O)(C(c2ccccc2)(c2ccccc2)c2ccccc2)[C@H](O)[C@@H]1O. The molecule has 3 aromatic rings. The Hall–Kier alpha value is -2.54. The average Bonchev–Trinajstić information content (AvgIpc) is 3.01. The fourth-order valence-electron chi connectivity index (χ4n) is 4.45. The predicted octanol–water partition coefficient (Wildman–Crippen LogP) is 1.82. The van der Waals surface area contributed by atoms with Crippen LogP contribution in [0.15, 0.2) is 91.0 Å². The zero-order valence-electron chi connectivity index (χ0n) is 15.8. The van der Waals surface area contributed by atoms with Gasteiger partial charge in [-0.25, -0.2) is 0 Å². The van der Waals surface area contributed by atoms with Gasteiger partial charge in [0.05, 0.1) is 6.61 Å². The summed E-state index contributed by atoms with van der Waals surface area (Å²) in [5.41, 5.74) is 0.695. The number of hydrogen-bond acceptors (Lipinski definition) is 5. The number of rotatable bonds is 5. The summed E-state index contributed by atoms with van der Waals surface area (Å²) in [4.78, 5) is 0. The summed E-state index contributed by atoms with van der Waals surface area (Å²) in [6, 6.07) is 27.8. The van der Waals surface area contributed by atoms with E-state index in [0.717, 1.165) is 0 Å². The zero-order chi connectivity index (χ0) is 20.5. The van der Waals surface area contributed by atoms with Gasteiger partial charge in [-0.1, -0.05) is 91.0 Å². The number of ether oxygens (including phenoxy) is 1. The van der Waals surface area contributed by atoms with E-state index in [1.165, 1.54) is 0 Å². The van der Waals surface area contributed by atoms with Crippen molar-refractivity contribution in [3.8, 4) is 0 Å².